The zero-order chi connectivity index (χ0) is 17.3. The van der Waals surface area contributed by atoms with Crippen LogP contribution in [0.25, 0.3) is 11.2 Å². The van der Waals surface area contributed by atoms with Crippen LogP contribution in [0, 0.1) is 0 Å². The van der Waals surface area contributed by atoms with Crippen molar-refractivity contribution in [1.82, 2.24) is 19.5 Å². The van der Waals surface area contributed by atoms with Gasteiger partial charge in [0.25, 0.3) is 0 Å². The highest BCUT2D eigenvalue weighted by Gasteiger charge is 2.45. The van der Waals surface area contributed by atoms with Gasteiger partial charge in [0.1, 0.15) is 24.6 Å². The number of nitrogens with zero attached hydrogens (tertiary/aromatic N) is 4. The summed E-state index contributed by atoms with van der Waals surface area (Å²) in [5.41, 5.74) is 6.52. The van der Waals surface area contributed by atoms with Gasteiger partial charge in [0.2, 0.25) is 5.95 Å². The molecule has 24 heavy (non-hydrogen) atoms. The molecule has 3 heterocycles. The predicted molar refractivity (Wildman–Crippen MR) is 83.1 cm³/mol. The minimum Gasteiger partial charge on any atom is -0.394 e. The second-order valence-corrected chi connectivity index (χ2v) is 5.38. The summed E-state index contributed by atoms with van der Waals surface area (Å²) >= 11 is 0. The summed E-state index contributed by atoms with van der Waals surface area (Å²) in [4.78, 5) is 12.4. The average molecular weight is 340 g/mol. The number of hydrogen-bond acceptors (Lipinski definition) is 10. The van der Waals surface area contributed by atoms with Crippen molar-refractivity contribution in [3.05, 3.63) is 6.33 Å². The summed E-state index contributed by atoms with van der Waals surface area (Å²) in [6, 6.07) is 0. The Morgan fingerprint density at radius 2 is 2.17 bits per heavy atom. The molecule has 6 N–H and O–H groups in total. The Bertz CT molecular complexity index is 709. The van der Waals surface area contributed by atoms with Crippen molar-refractivity contribution in [1.29, 1.82) is 0 Å². The smallest absolute Gasteiger partial charge is 0.207 e. The van der Waals surface area contributed by atoms with E-state index in [9.17, 15) is 15.3 Å². The molecule has 0 aliphatic carbocycles. The number of nitrogens with two attached hydrogens (primary N) is 1. The van der Waals surface area contributed by atoms with Crippen LogP contribution in [-0.4, -0.2) is 80.0 Å². The zero-order valence-electron chi connectivity index (χ0n) is 13.0. The Balaban J connectivity index is 2.04. The third-order valence-electron chi connectivity index (χ3n) is 3.87. The third-order valence-corrected chi connectivity index (χ3v) is 3.87. The molecule has 1 fully saturated rings. The molecule has 0 saturated carbocycles. The van der Waals surface area contributed by atoms with Gasteiger partial charge in [-0.25, -0.2) is 15.0 Å². The van der Waals surface area contributed by atoms with Gasteiger partial charge in [-0.1, -0.05) is 0 Å². The first kappa shape index (κ1) is 16.8. The fraction of sp³-hybridized carbons (Fsp3) is 0.615. The molecule has 11 heteroatoms. The Morgan fingerprint density at radius 1 is 1.38 bits per heavy atom. The fourth-order valence-electron chi connectivity index (χ4n) is 2.65. The zero-order valence-corrected chi connectivity index (χ0v) is 13.0. The van der Waals surface area contributed by atoms with Crippen molar-refractivity contribution >= 4 is 22.9 Å². The number of imidazole rings is 1. The van der Waals surface area contributed by atoms with Crippen molar-refractivity contribution in [2.45, 2.75) is 24.5 Å². The van der Waals surface area contributed by atoms with E-state index in [0.717, 1.165) is 0 Å². The molecule has 0 bridgehead atoms. The van der Waals surface area contributed by atoms with Crippen LogP contribution < -0.4 is 11.1 Å². The molecule has 1 aliphatic heterocycles. The first-order chi connectivity index (χ1) is 11.6. The van der Waals surface area contributed by atoms with E-state index >= 15 is 0 Å². The lowest BCUT2D eigenvalue weighted by Crippen LogP contribution is -2.33. The van der Waals surface area contributed by atoms with Gasteiger partial charge in [-0.2, -0.15) is 0 Å². The summed E-state index contributed by atoms with van der Waals surface area (Å²) in [5.74, 6) is 0.518. The van der Waals surface area contributed by atoms with Crippen molar-refractivity contribution in [3.8, 4) is 0 Å². The molecule has 2 aromatic heterocycles. The molecule has 132 valence electrons. The standard InChI is InChI=1S/C13H20N6O5/c1-23-3-2-15-13-18-7-10(14)16-5-17-11(7)19(13)12-9(22)8(21)6(4-20)24-12/h5-6,8-9,12,20-22H,2-4H2,1H3,(H,15,18)(H2,14,16,17)/t6-,8+,9-,12-/m0/s1. The van der Waals surface area contributed by atoms with E-state index < -0.39 is 31.1 Å². The van der Waals surface area contributed by atoms with Crippen LogP contribution in [0.1, 0.15) is 6.23 Å². The van der Waals surface area contributed by atoms with Gasteiger partial charge in [-0.15, -0.1) is 0 Å². The normalized spacial score (nSPS) is 27.0. The number of methoxy groups -OCH3 is 1. The van der Waals surface area contributed by atoms with E-state index in [1.807, 2.05) is 0 Å². The van der Waals surface area contributed by atoms with E-state index in [-0.39, 0.29) is 5.82 Å². The fourth-order valence-corrected chi connectivity index (χ4v) is 2.65. The molecule has 0 amide bonds. The maximum atomic E-state index is 10.3. The molecule has 0 spiro atoms. The van der Waals surface area contributed by atoms with Gasteiger partial charge in [0.05, 0.1) is 13.2 Å². The highest BCUT2D eigenvalue weighted by molar-refractivity contribution is 5.84. The van der Waals surface area contributed by atoms with Crippen molar-refractivity contribution in [2.24, 2.45) is 0 Å². The van der Waals surface area contributed by atoms with E-state index in [1.54, 1.807) is 7.11 Å². The van der Waals surface area contributed by atoms with E-state index in [0.29, 0.717) is 30.3 Å². The molecule has 1 saturated heterocycles. The quantitative estimate of drug-likeness (QED) is 0.375. The number of aliphatic hydroxyl groups excluding tert-OH is 3. The maximum Gasteiger partial charge on any atom is 0.207 e. The summed E-state index contributed by atoms with van der Waals surface area (Å²) < 4.78 is 12.1. The van der Waals surface area contributed by atoms with Crippen LogP contribution in [0.3, 0.4) is 0 Å². The number of aromatic nitrogens is 4. The van der Waals surface area contributed by atoms with Crippen molar-refractivity contribution in [3.63, 3.8) is 0 Å². The molecular formula is C13H20N6O5. The van der Waals surface area contributed by atoms with Gasteiger partial charge in [-0.05, 0) is 0 Å². The van der Waals surface area contributed by atoms with E-state index in [2.05, 4.69) is 20.3 Å². The molecule has 3 rings (SSSR count). The number of nitrogens with one attached hydrogen (secondary N) is 1. The topological polar surface area (TPSA) is 161 Å². The van der Waals surface area contributed by atoms with Crippen molar-refractivity contribution in [2.75, 3.05) is 37.9 Å². The SMILES string of the molecule is COCCNc1nc2c(N)ncnc2n1[C@H]1O[C@@H](CO)[C@@H](O)[C@@H]1O. The van der Waals surface area contributed by atoms with Crippen LogP contribution in [0.4, 0.5) is 11.8 Å². The lowest BCUT2D eigenvalue weighted by molar-refractivity contribution is -0.0501. The molecule has 0 unspecified atom stereocenters. The van der Waals surface area contributed by atoms with Gasteiger partial charge in [0, 0.05) is 13.7 Å². The first-order valence-electron chi connectivity index (χ1n) is 7.42. The molecule has 4 atom stereocenters. The number of rotatable bonds is 6. The largest absolute Gasteiger partial charge is 0.394 e. The van der Waals surface area contributed by atoms with E-state index in [4.69, 9.17) is 15.2 Å². The highest BCUT2D eigenvalue weighted by Crippen LogP contribution is 2.34. The number of nitrogen functional groups attached to an aromatic ring is 1. The van der Waals surface area contributed by atoms with Crippen molar-refractivity contribution < 1.29 is 24.8 Å². The number of fused-ring (bicyclic) bond motifs is 1. The molecule has 1 aliphatic rings. The van der Waals surface area contributed by atoms with Crippen LogP contribution in [0.15, 0.2) is 6.33 Å². The molecule has 0 aromatic carbocycles. The lowest BCUT2D eigenvalue weighted by Gasteiger charge is -2.19. The van der Waals surface area contributed by atoms with E-state index in [1.165, 1.54) is 10.9 Å². The summed E-state index contributed by atoms with van der Waals surface area (Å²) in [6.45, 7) is 0.452. The molecular weight excluding hydrogens is 320 g/mol. The Labute approximate surface area is 137 Å². The molecule has 2 aromatic rings. The summed E-state index contributed by atoms with van der Waals surface area (Å²) in [6.07, 6.45) is -3.12. The Kier molecular flexibility index (Phi) is 4.78. The maximum absolute atomic E-state index is 10.3. The predicted octanol–water partition coefficient (Wildman–Crippen LogP) is -1.92. The van der Waals surface area contributed by atoms with Gasteiger partial charge < -0.3 is 35.8 Å². The summed E-state index contributed by atoms with van der Waals surface area (Å²) in [5, 5.41) is 32.6. The minimum atomic E-state index is -1.27. The van der Waals surface area contributed by atoms with Gasteiger partial charge in [0.15, 0.2) is 23.2 Å². The minimum absolute atomic E-state index is 0.181. The third kappa shape index (κ3) is 2.76. The lowest BCUT2D eigenvalue weighted by atomic mass is 10.1. The second-order valence-electron chi connectivity index (χ2n) is 5.38. The molecule has 0 radical (unpaired) electrons. The highest BCUT2D eigenvalue weighted by atomic mass is 16.6. The number of aliphatic hydroxyl groups is 3. The Morgan fingerprint density at radius 3 is 2.83 bits per heavy atom. The van der Waals surface area contributed by atoms with Crippen LogP contribution >= 0.6 is 0 Å². The number of anilines is 2. The number of ether oxygens (including phenoxy) is 2. The second kappa shape index (κ2) is 6.83. The van der Waals surface area contributed by atoms with Crippen LogP contribution in [0.2, 0.25) is 0 Å². The number of hydrogen-bond donors (Lipinski definition) is 5. The van der Waals surface area contributed by atoms with Gasteiger partial charge >= 0.3 is 0 Å². The summed E-state index contributed by atoms with van der Waals surface area (Å²) in [7, 11) is 1.57. The van der Waals surface area contributed by atoms with Crippen LogP contribution in [-0.2, 0) is 9.47 Å². The van der Waals surface area contributed by atoms with Crippen LogP contribution in [0.5, 0.6) is 0 Å². The Hall–Kier alpha value is -2.05. The average Bonchev–Trinajstić information content (AvgIpc) is 3.07. The first-order valence-corrected chi connectivity index (χ1v) is 7.42. The molecule has 11 nitrogen and oxygen atoms in total. The van der Waals surface area contributed by atoms with Gasteiger partial charge in [-0.3, -0.25) is 4.57 Å². The monoisotopic (exact) mass is 340 g/mol.